The number of carbonyl (C=O) groups excluding carboxylic acids is 2. The van der Waals surface area contributed by atoms with Gasteiger partial charge in [0.1, 0.15) is 11.7 Å². The molecule has 11 nitrogen and oxygen atoms in total. The monoisotopic (exact) mass is 712 g/mol. The fourth-order valence-corrected chi connectivity index (χ4v) is 9.56. The molecule has 2 bridgehead atoms. The van der Waals surface area contributed by atoms with E-state index in [1.165, 1.54) is 7.11 Å². The van der Waals surface area contributed by atoms with Crippen molar-refractivity contribution in [3.63, 3.8) is 0 Å². The van der Waals surface area contributed by atoms with E-state index in [1.807, 2.05) is 6.92 Å². The molecule has 12 heteroatoms. The molecule has 2 heterocycles. The van der Waals surface area contributed by atoms with Crippen molar-refractivity contribution in [3.8, 4) is 45.6 Å². The summed E-state index contributed by atoms with van der Waals surface area (Å²) < 4.78 is 50.8. The molecule has 0 aromatic heterocycles. The van der Waals surface area contributed by atoms with Crippen LogP contribution in [0.2, 0.25) is 18.1 Å². The van der Waals surface area contributed by atoms with Gasteiger partial charge in [-0.1, -0.05) is 47.6 Å². The number of ether oxygens (including phenoxy) is 7. The largest absolute Gasteiger partial charge is 0.541 e. The summed E-state index contributed by atoms with van der Waals surface area (Å²) in [5.74, 6) is -0.669. The van der Waals surface area contributed by atoms with Crippen LogP contribution in [0.1, 0.15) is 85.6 Å². The maximum Gasteiger partial charge on any atom is 0.333 e. The lowest BCUT2D eigenvalue weighted by Crippen LogP contribution is -2.47. The second-order valence-corrected chi connectivity index (χ2v) is 18.6. The molecule has 1 N–H and O–H groups in total. The molecule has 3 aliphatic rings. The number of carbonyl (C=O) groups is 2. The minimum absolute atomic E-state index is 0.0557. The number of hydrogen-bond donors (Lipinski definition) is 1. The molecular weight excluding hydrogens is 660 g/mol. The summed E-state index contributed by atoms with van der Waals surface area (Å²) in [5.41, 5.74) is 0.490. The highest BCUT2D eigenvalue weighted by Gasteiger charge is 2.53. The van der Waals surface area contributed by atoms with Crippen molar-refractivity contribution in [2.24, 2.45) is 17.8 Å². The summed E-state index contributed by atoms with van der Waals surface area (Å²) >= 11 is 0. The number of benzene rings is 2. The van der Waals surface area contributed by atoms with Gasteiger partial charge in [-0.25, -0.2) is 4.79 Å². The number of rotatable bonds is 9. The number of methoxy groups -OCH3 is 2. The first-order chi connectivity index (χ1) is 23.7. The van der Waals surface area contributed by atoms with E-state index in [1.54, 1.807) is 59.9 Å². The second kappa shape index (κ2) is 14.4. The average Bonchev–Trinajstić information content (AvgIpc) is 3.59. The highest BCUT2D eigenvalue weighted by molar-refractivity contribution is 6.74. The van der Waals surface area contributed by atoms with Gasteiger partial charge >= 0.3 is 11.9 Å². The van der Waals surface area contributed by atoms with Crippen molar-refractivity contribution in [2.45, 2.75) is 98.3 Å². The van der Waals surface area contributed by atoms with Crippen LogP contribution in [0.25, 0.3) is 11.1 Å². The van der Waals surface area contributed by atoms with Crippen LogP contribution in [-0.4, -0.2) is 58.6 Å². The summed E-state index contributed by atoms with van der Waals surface area (Å²) in [6.07, 6.45) is -0.677. The first-order valence-electron chi connectivity index (χ1n) is 17.6. The molecule has 2 aliphatic heterocycles. The number of aliphatic hydroxyl groups is 1. The number of esters is 2. The molecule has 0 saturated carbocycles. The molecule has 2 aromatic rings. The Hall–Kier alpha value is -3.90. The van der Waals surface area contributed by atoms with E-state index in [-0.39, 0.29) is 19.3 Å². The molecule has 0 fully saturated rings. The molecule has 2 aromatic carbocycles. The van der Waals surface area contributed by atoms with Gasteiger partial charge in [0, 0.05) is 39.7 Å². The lowest BCUT2D eigenvalue weighted by Gasteiger charge is -2.44. The fraction of sp³-hybridized carbons (Fsp3) is 0.579. The van der Waals surface area contributed by atoms with Crippen molar-refractivity contribution in [2.75, 3.05) is 27.6 Å². The van der Waals surface area contributed by atoms with Crippen molar-refractivity contribution in [1.29, 1.82) is 0 Å². The maximum absolute atomic E-state index is 14.0. The first kappa shape index (κ1) is 37.4. The highest BCUT2D eigenvalue weighted by Crippen LogP contribution is 2.62. The lowest BCUT2D eigenvalue weighted by molar-refractivity contribution is -0.188. The molecule has 5 rings (SSSR count). The quantitative estimate of drug-likeness (QED) is 0.156. The minimum atomic E-state index is -2.48. The average molecular weight is 713 g/mol. The van der Waals surface area contributed by atoms with E-state index in [2.05, 4.69) is 20.8 Å². The Balaban J connectivity index is 2.05. The molecule has 274 valence electrons. The third kappa shape index (κ3) is 6.18. The first-order valence-corrected chi connectivity index (χ1v) is 20.1. The zero-order valence-corrected chi connectivity index (χ0v) is 32.2. The Morgan fingerprint density at radius 1 is 0.980 bits per heavy atom. The predicted octanol–water partition coefficient (Wildman–Crippen LogP) is 7.68. The smallest absolute Gasteiger partial charge is 0.333 e. The van der Waals surface area contributed by atoms with Crippen molar-refractivity contribution in [3.05, 3.63) is 34.9 Å². The van der Waals surface area contributed by atoms with Gasteiger partial charge in [0.15, 0.2) is 29.1 Å². The summed E-state index contributed by atoms with van der Waals surface area (Å²) in [5, 5.41) is 12.8. The Labute approximate surface area is 296 Å². The van der Waals surface area contributed by atoms with Gasteiger partial charge in [0.25, 0.3) is 8.32 Å². The van der Waals surface area contributed by atoms with Crippen LogP contribution in [0.3, 0.4) is 0 Å². The van der Waals surface area contributed by atoms with Crippen LogP contribution in [0.5, 0.6) is 34.5 Å². The van der Waals surface area contributed by atoms with Gasteiger partial charge in [0.05, 0.1) is 26.7 Å². The molecule has 0 spiro atoms. The van der Waals surface area contributed by atoms with E-state index in [4.69, 9.17) is 37.6 Å². The van der Waals surface area contributed by atoms with Crippen LogP contribution in [0.15, 0.2) is 23.8 Å². The van der Waals surface area contributed by atoms with E-state index in [0.717, 1.165) is 18.1 Å². The Morgan fingerprint density at radius 2 is 1.66 bits per heavy atom. The Morgan fingerprint density at radius 3 is 2.26 bits per heavy atom. The predicted molar refractivity (Wildman–Crippen MR) is 190 cm³/mol. The molecule has 0 radical (unpaired) electrons. The number of allylic oxidation sites excluding steroid dienone is 1. The van der Waals surface area contributed by atoms with Crippen LogP contribution in [0.4, 0.5) is 0 Å². The number of hydrogen-bond acceptors (Lipinski definition) is 11. The Kier molecular flexibility index (Phi) is 10.7. The van der Waals surface area contributed by atoms with Gasteiger partial charge in [-0.05, 0) is 51.0 Å². The van der Waals surface area contributed by atoms with Gasteiger partial charge in [0.2, 0.25) is 18.3 Å². The third-order valence-corrected chi connectivity index (χ3v) is 15.7. The zero-order chi connectivity index (χ0) is 36.7. The third-order valence-electron chi connectivity index (χ3n) is 11.2. The normalized spacial score (nSPS) is 26.0. The highest BCUT2D eigenvalue weighted by atomic mass is 28.4. The lowest BCUT2D eigenvalue weighted by atomic mass is 9.71. The molecule has 0 amide bonds. The molecule has 50 heavy (non-hydrogen) atoms. The molecule has 1 unspecified atom stereocenters. The van der Waals surface area contributed by atoms with E-state index < -0.39 is 49.9 Å². The number of fused-ring (bicyclic) bond motifs is 2. The van der Waals surface area contributed by atoms with E-state index in [9.17, 15) is 14.7 Å². The van der Waals surface area contributed by atoms with Gasteiger partial charge in [-0.2, -0.15) is 0 Å². The summed E-state index contributed by atoms with van der Waals surface area (Å²) in [6, 6.07) is 5.92. The summed E-state index contributed by atoms with van der Waals surface area (Å²) in [4.78, 5) is 27.6. The maximum atomic E-state index is 14.0. The summed E-state index contributed by atoms with van der Waals surface area (Å²) in [6.45, 7) is 16.9. The fourth-order valence-electron chi connectivity index (χ4n) is 7.00. The van der Waals surface area contributed by atoms with Crippen molar-refractivity contribution >= 4 is 20.3 Å². The van der Waals surface area contributed by atoms with E-state index >= 15 is 0 Å². The van der Waals surface area contributed by atoms with Crippen LogP contribution < -0.4 is 28.1 Å². The molecule has 0 saturated heterocycles. The molecule has 6 atom stereocenters. The van der Waals surface area contributed by atoms with Gasteiger partial charge in [-0.3, -0.25) is 4.79 Å². The summed E-state index contributed by atoms with van der Waals surface area (Å²) in [7, 11) is 0.594. The van der Waals surface area contributed by atoms with Gasteiger partial charge < -0.3 is 42.7 Å². The van der Waals surface area contributed by atoms with Crippen LogP contribution in [0, 0.1) is 17.8 Å². The Bertz CT molecular complexity index is 1650. The van der Waals surface area contributed by atoms with Crippen LogP contribution in [-0.2, 0) is 19.1 Å². The topological polar surface area (TPSA) is 128 Å². The van der Waals surface area contributed by atoms with Crippen LogP contribution >= 0.6 is 0 Å². The SMILES string of the molecule is C/C=C(/C)C(=O)O[C@H]1c2cc3c(c4c2-c2c(cc(OC)c(OC)c2O[Si](CC)(CC)CC)[C@H](OC(=O)C(C)[C@H](C)CO4)[C@@](C)(O)[C@H]1C)OCO3. The molecule has 1 aliphatic carbocycles. The zero-order valence-electron chi connectivity index (χ0n) is 31.2. The molecular formula is C38H52O11Si. The van der Waals surface area contributed by atoms with Crippen molar-refractivity contribution in [1.82, 2.24) is 0 Å². The second-order valence-electron chi connectivity index (χ2n) is 13.9. The standard InChI is InChI=1S/C38H52O11Si/c1-12-20(5)36(39)47-30-23(8)38(9,41)35-25-17-26(42-10)31(43-11)34(49-50(13-2,14-3)15-4)29(25)28-24(30)16-27-32(46-19-45-27)33(28)44-18-21(6)22(7)37(40)48-35/h12,16-17,21-23,30,35,41H,13-15,18-19H2,1-11H3/b20-12-/t21-,22?,23+,30-,35+,38+/m1/s1. The van der Waals surface area contributed by atoms with Crippen molar-refractivity contribution < 1.29 is 52.3 Å². The van der Waals surface area contributed by atoms with E-state index in [0.29, 0.717) is 62.3 Å². The minimum Gasteiger partial charge on any atom is -0.541 e. The van der Waals surface area contributed by atoms with Gasteiger partial charge in [-0.15, -0.1) is 0 Å².